The van der Waals surface area contributed by atoms with E-state index in [0.29, 0.717) is 18.8 Å². The number of hydrogen-bond acceptors (Lipinski definition) is 4. The summed E-state index contributed by atoms with van der Waals surface area (Å²) in [6, 6.07) is 0. The average molecular weight is 211 g/mol. The van der Waals surface area contributed by atoms with Crippen molar-refractivity contribution in [2.45, 2.75) is 25.2 Å². The Morgan fingerprint density at radius 2 is 2.27 bits per heavy atom. The van der Waals surface area contributed by atoms with Gasteiger partial charge in [0.05, 0.1) is 12.6 Å². The number of aromatic nitrogens is 1. The first-order valence-corrected chi connectivity index (χ1v) is 5.00. The predicted molar refractivity (Wildman–Crippen MR) is 50.6 cm³/mol. The van der Waals surface area contributed by atoms with Crippen molar-refractivity contribution in [2.75, 3.05) is 13.2 Å². The minimum absolute atomic E-state index is 0.0177. The van der Waals surface area contributed by atoms with Crippen LogP contribution in [0.2, 0.25) is 0 Å². The van der Waals surface area contributed by atoms with Gasteiger partial charge in [-0.15, -0.1) is 0 Å². The highest BCUT2D eigenvalue weighted by Crippen LogP contribution is 2.29. The maximum absolute atomic E-state index is 10.6. The van der Waals surface area contributed by atoms with Crippen LogP contribution in [0.4, 0.5) is 0 Å². The maximum atomic E-state index is 10.6. The maximum Gasteiger partial charge on any atom is 0.308 e. The minimum Gasteiger partial charge on any atom is -0.481 e. The van der Waals surface area contributed by atoms with Crippen LogP contribution in [0.5, 0.6) is 0 Å². The van der Waals surface area contributed by atoms with Crippen molar-refractivity contribution in [3.8, 4) is 0 Å². The van der Waals surface area contributed by atoms with Crippen molar-refractivity contribution in [1.29, 1.82) is 0 Å². The second-order valence-electron chi connectivity index (χ2n) is 3.67. The van der Waals surface area contributed by atoms with Gasteiger partial charge in [0.25, 0.3) is 0 Å². The number of nitrogens with zero attached hydrogens (tertiary/aromatic N) is 1. The monoisotopic (exact) mass is 211 g/mol. The van der Waals surface area contributed by atoms with E-state index >= 15 is 0 Å². The summed E-state index contributed by atoms with van der Waals surface area (Å²) < 4.78 is 10.4. The van der Waals surface area contributed by atoms with Crippen LogP contribution in [0, 0.1) is 0 Å². The summed E-state index contributed by atoms with van der Waals surface area (Å²) >= 11 is 0. The third-order valence-electron chi connectivity index (χ3n) is 2.61. The molecule has 5 nitrogen and oxygen atoms in total. The van der Waals surface area contributed by atoms with Gasteiger partial charge in [-0.25, -0.2) is 0 Å². The molecule has 0 bridgehead atoms. The Kier molecular flexibility index (Phi) is 3.01. The number of carbonyl (C=O) groups is 1. The van der Waals surface area contributed by atoms with Crippen LogP contribution in [-0.2, 0) is 16.0 Å². The zero-order chi connectivity index (χ0) is 10.7. The first-order chi connectivity index (χ1) is 7.27. The molecule has 0 unspecified atom stereocenters. The summed E-state index contributed by atoms with van der Waals surface area (Å²) in [5.41, 5.74) is 0.689. The highest BCUT2D eigenvalue weighted by atomic mass is 16.5. The molecule has 1 aliphatic rings. The fourth-order valence-electron chi connectivity index (χ4n) is 1.86. The van der Waals surface area contributed by atoms with Gasteiger partial charge in [0.1, 0.15) is 5.76 Å². The fourth-order valence-corrected chi connectivity index (χ4v) is 1.86. The highest BCUT2D eigenvalue weighted by Gasteiger charge is 2.23. The van der Waals surface area contributed by atoms with E-state index in [0.717, 1.165) is 18.6 Å². The van der Waals surface area contributed by atoms with Gasteiger partial charge < -0.3 is 14.4 Å². The lowest BCUT2D eigenvalue weighted by Crippen LogP contribution is -2.15. The van der Waals surface area contributed by atoms with Gasteiger partial charge in [-0.1, -0.05) is 5.16 Å². The number of rotatable bonds is 3. The zero-order valence-electron chi connectivity index (χ0n) is 8.31. The molecule has 0 amide bonds. The van der Waals surface area contributed by atoms with Crippen LogP contribution in [0.25, 0.3) is 0 Å². The van der Waals surface area contributed by atoms with Crippen molar-refractivity contribution >= 4 is 5.97 Å². The smallest absolute Gasteiger partial charge is 0.308 e. The van der Waals surface area contributed by atoms with Gasteiger partial charge in [-0.05, 0) is 12.8 Å². The summed E-state index contributed by atoms with van der Waals surface area (Å²) in [5.74, 6) is 0.128. The molecule has 0 saturated carbocycles. The number of carboxylic acid groups (broad SMARTS) is 1. The molecule has 0 atom stereocenters. The van der Waals surface area contributed by atoms with E-state index in [-0.39, 0.29) is 12.3 Å². The molecule has 15 heavy (non-hydrogen) atoms. The first kappa shape index (κ1) is 10.2. The summed E-state index contributed by atoms with van der Waals surface area (Å²) in [6.07, 6.45) is 3.23. The number of hydrogen-bond donors (Lipinski definition) is 1. The molecular formula is C10H13NO4. The molecule has 1 saturated heterocycles. The van der Waals surface area contributed by atoms with Crippen molar-refractivity contribution < 1.29 is 19.2 Å². The number of ether oxygens (including phenoxy) is 1. The molecule has 1 aliphatic heterocycles. The number of carboxylic acids is 1. The van der Waals surface area contributed by atoms with Crippen LogP contribution in [0.3, 0.4) is 0 Å². The summed E-state index contributed by atoms with van der Waals surface area (Å²) in [4.78, 5) is 10.6. The molecule has 1 N–H and O–H groups in total. The van der Waals surface area contributed by atoms with E-state index in [1.807, 2.05) is 0 Å². The van der Waals surface area contributed by atoms with Crippen LogP contribution >= 0.6 is 0 Å². The van der Waals surface area contributed by atoms with Crippen molar-refractivity contribution in [3.05, 3.63) is 17.5 Å². The van der Waals surface area contributed by atoms with Gasteiger partial charge in [-0.2, -0.15) is 0 Å². The van der Waals surface area contributed by atoms with Gasteiger partial charge in [0.2, 0.25) is 0 Å². The van der Waals surface area contributed by atoms with Gasteiger partial charge in [-0.3, -0.25) is 4.79 Å². The van der Waals surface area contributed by atoms with E-state index in [1.54, 1.807) is 0 Å². The molecule has 0 aliphatic carbocycles. The molecular weight excluding hydrogens is 198 g/mol. The molecule has 0 spiro atoms. The molecule has 0 radical (unpaired) electrons. The second-order valence-corrected chi connectivity index (χ2v) is 3.67. The van der Waals surface area contributed by atoms with Gasteiger partial charge in [0.15, 0.2) is 0 Å². The Labute approximate surface area is 87.0 Å². The molecule has 0 aromatic carbocycles. The lowest BCUT2D eigenvalue weighted by molar-refractivity contribution is -0.136. The van der Waals surface area contributed by atoms with Gasteiger partial charge >= 0.3 is 5.97 Å². The van der Waals surface area contributed by atoms with Crippen LogP contribution in [-0.4, -0.2) is 29.4 Å². The van der Waals surface area contributed by atoms with E-state index < -0.39 is 5.97 Å². The summed E-state index contributed by atoms with van der Waals surface area (Å²) in [6.45, 7) is 1.41. The molecule has 1 fully saturated rings. The largest absolute Gasteiger partial charge is 0.481 e. The van der Waals surface area contributed by atoms with Gasteiger partial charge in [0, 0.05) is 24.7 Å². The summed E-state index contributed by atoms with van der Waals surface area (Å²) in [5, 5.41) is 12.4. The average Bonchev–Trinajstić information content (AvgIpc) is 2.66. The molecule has 2 heterocycles. The molecule has 2 rings (SSSR count). The number of aliphatic carboxylic acids is 1. The first-order valence-electron chi connectivity index (χ1n) is 5.00. The third-order valence-corrected chi connectivity index (χ3v) is 2.61. The minimum atomic E-state index is -0.855. The normalized spacial score (nSPS) is 17.9. The molecule has 1 aromatic heterocycles. The lowest BCUT2D eigenvalue weighted by Gasteiger charge is -2.20. The van der Waals surface area contributed by atoms with Crippen LogP contribution in [0.1, 0.15) is 30.1 Å². The molecule has 82 valence electrons. The zero-order valence-corrected chi connectivity index (χ0v) is 8.31. The fraction of sp³-hybridized carbons (Fsp3) is 0.600. The molecule has 5 heteroatoms. The summed E-state index contributed by atoms with van der Waals surface area (Å²) in [7, 11) is 0. The lowest BCUT2D eigenvalue weighted by atomic mass is 9.94. The van der Waals surface area contributed by atoms with Crippen LogP contribution < -0.4 is 0 Å². The standard InChI is InChI=1S/C10H13NO4/c12-9(13)5-8-6-11-15-10(8)7-1-3-14-4-2-7/h6-7H,1-5H2,(H,12,13). The molecule has 1 aromatic rings. The van der Waals surface area contributed by atoms with Crippen molar-refractivity contribution in [3.63, 3.8) is 0 Å². The van der Waals surface area contributed by atoms with Crippen molar-refractivity contribution in [1.82, 2.24) is 5.16 Å². The SMILES string of the molecule is O=C(O)Cc1cnoc1C1CCOCC1. The van der Waals surface area contributed by atoms with E-state index in [2.05, 4.69) is 5.16 Å². The Hall–Kier alpha value is -1.36. The Morgan fingerprint density at radius 1 is 1.53 bits per heavy atom. The van der Waals surface area contributed by atoms with E-state index in [9.17, 15) is 4.79 Å². The van der Waals surface area contributed by atoms with E-state index in [1.165, 1.54) is 6.20 Å². The van der Waals surface area contributed by atoms with E-state index in [4.69, 9.17) is 14.4 Å². The van der Waals surface area contributed by atoms with Crippen molar-refractivity contribution in [2.24, 2.45) is 0 Å². The highest BCUT2D eigenvalue weighted by molar-refractivity contribution is 5.70. The van der Waals surface area contributed by atoms with Crippen LogP contribution in [0.15, 0.2) is 10.7 Å². The quantitative estimate of drug-likeness (QED) is 0.813. The predicted octanol–water partition coefficient (Wildman–Crippen LogP) is 1.20. The Bertz CT molecular complexity index is 341. The second kappa shape index (κ2) is 4.44. The Morgan fingerprint density at radius 3 is 2.93 bits per heavy atom. The third kappa shape index (κ3) is 2.36. The topological polar surface area (TPSA) is 72.6 Å². The Balaban J connectivity index is 2.12.